The lowest BCUT2D eigenvalue weighted by molar-refractivity contribution is 0.0746. The predicted octanol–water partition coefficient (Wildman–Crippen LogP) is 3.33. The number of benzene rings is 2. The van der Waals surface area contributed by atoms with Crippen molar-refractivity contribution < 1.29 is 17.6 Å². The number of nitrogens with one attached hydrogen (secondary N) is 1. The van der Waals surface area contributed by atoms with Crippen molar-refractivity contribution in [2.75, 3.05) is 31.1 Å². The highest BCUT2D eigenvalue weighted by Crippen LogP contribution is 2.21. The molecule has 1 amide bonds. The van der Waals surface area contributed by atoms with Crippen LogP contribution in [-0.4, -0.2) is 45.4 Å². The number of halogens is 1. The average Bonchev–Trinajstić information content (AvgIpc) is 3.32. The van der Waals surface area contributed by atoms with E-state index in [-0.39, 0.29) is 23.2 Å². The van der Waals surface area contributed by atoms with Gasteiger partial charge < -0.3 is 9.80 Å². The number of rotatable bonds is 6. The summed E-state index contributed by atoms with van der Waals surface area (Å²) >= 11 is 1.47. The molecule has 1 fully saturated rings. The Morgan fingerprint density at radius 2 is 1.77 bits per heavy atom. The molecule has 1 aliphatic heterocycles. The number of amides is 1. The second kappa shape index (κ2) is 9.17. The van der Waals surface area contributed by atoms with Crippen LogP contribution in [0, 0.1) is 5.82 Å². The van der Waals surface area contributed by atoms with E-state index in [9.17, 15) is 17.6 Å². The van der Waals surface area contributed by atoms with E-state index in [4.69, 9.17) is 0 Å². The molecule has 1 aromatic heterocycles. The monoisotopic (exact) mass is 459 g/mol. The molecule has 0 saturated carbocycles. The fourth-order valence-corrected chi connectivity index (χ4v) is 5.29. The molecule has 3 aromatic rings. The molecule has 1 N–H and O–H groups in total. The SMILES string of the molecule is O=C(c1cccc(S(=O)(=O)NCc2cccs2)c1)N1CCN(c2ccccc2F)CC1. The van der Waals surface area contributed by atoms with Gasteiger partial charge in [0.1, 0.15) is 5.82 Å². The van der Waals surface area contributed by atoms with Crippen LogP contribution < -0.4 is 9.62 Å². The van der Waals surface area contributed by atoms with E-state index in [0.717, 1.165) is 4.88 Å². The summed E-state index contributed by atoms with van der Waals surface area (Å²) in [6.45, 7) is 2.08. The molecule has 1 saturated heterocycles. The Kier molecular flexibility index (Phi) is 6.35. The van der Waals surface area contributed by atoms with Crippen LogP contribution in [0.1, 0.15) is 15.2 Å². The predicted molar refractivity (Wildman–Crippen MR) is 119 cm³/mol. The van der Waals surface area contributed by atoms with Crippen LogP contribution in [0.25, 0.3) is 0 Å². The smallest absolute Gasteiger partial charge is 0.254 e. The molecule has 0 spiro atoms. The first kappa shape index (κ1) is 21.5. The quantitative estimate of drug-likeness (QED) is 0.614. The molecule has 6 nitrogen and oxygen atoms in total. The molecule has 0 aliphatic carbocycles. The minimum atomic E-state index is -3.74. The molecule has 0 bridgehead atoms. The number of thiophene rings is 1. The van der Waals surface area contributed by atoms with E-state index < -0.39 is 10.0 Å². The molecule has 31 heavy (non-hydrogen) atoms. The highest BCUT2D eigenvalue weighted by atomic mass is 32.2. The minimum absolute atomic E-state index is 0.0555. The van der Waals surface area contributed by atoms with Gasteiger partial charge >= 0.3 is 0 Å². The number of anilines is 1. The topological polar surface area (TPSA) is 69.7 Å². The van der Waals surface area contributed by atoms with Crippen molar-refractivity contribution >= 4 is 33.0 Å². The van der Waals surface area contributed by atoms with Crippen LogP contribution in [0.2, 0.25) is 0 Å². The third kappa shape index (κ3) is 4.95. The zero-order valence-corrected chi connectivity index (χ0v) is 18.3. The molecular weight excluding hydrogens is 437 g/mol. The lowest BCUT2D eigenvalue weighted by atomic mass is 10.1. The molecule has 9 heteroatoms. The lowest BCUT2D eigenvalue weighted by Crippen LogP contribution is -2.49. The number of para-hydroxylation sites is 1. The van der Waals surface area contributed by atoms with Crippen LogP contribution in [0.5, 0.6) is 0 Å². The van der Waals surface area contributed by atoms with Gasteiger partial charge in [-0.25, -0.2) is 17.5 Å². The van der Waals surface area contributed by atoms with E-state index in [1.54, 1.807) is 35.2 Å². The van der Waals surface area contributed by atoms with E-state index >= 15 is 0 Å². The number of piperazine rings is 1. The summed E-state index contributed by atoms with van der Waals surface area (Å²) in [5.74, 6) is -0.515. The molecule has 1 aliphatic rings. The molecule has 0 radical (unpaired) electrons. The lowest BCUT2D eigenvalue weighted by Gasteiger charge is -2.36. The van der Waals surface area contributed by atoms with Gasteiger partial charge in [-0.15, -0.1) is 11.3 Å². The zero-order valence-electron chi connectivity index (χ0n) is 16.7. The molecule has 0 unspecified atom stereocenters. The van der Waals surface area contributed by atoms with Gasteiger partial charge in [-0.05, 0) is 41.8 Å². The number of hydrogen-bond donors (Lipinski definition) is 1. The Morgan fingerprint density at radius 3 is 2.48 bits per heavy atom. The van der Waals surface area contributed by atoms with E-state index in [2.05, 4.69) is 4.72 Å². The maximum atomic E-state index is 14.0. The Balaban J connectivity index is 1.42. The van der Waals surface area contributed by atoms with E-state index in [1.165, 1.54) is 29.5 Å². The Morgan fingerprint density at radius 1 is 1.00 bits per heavy atom. The van der Waals surface area contributed by atoms with Crippen molar-refractivity contribution in [1.29, 1.82) is 0 Å². The van der Waals surface area contributed by atoms with E-state index in [1.807, 2.05) is 22.4 Å². The third-order valence-electron chi connectivity index (χ3n) is 5.17. The number of hydrogen-bond acceptors (Lipinski definition) is 5. The number of carbonyl (C=O) groups excluding carboxylic acids is 1. The highest BCUT2D eigenvalue weighted by Gasteiger charge is 2.24. The number of carbonyl (C=O) groups is 1. The van der Waals surface area contributed by atoms with Crippen molar-refractivity contribution in [2.24, 2.45) is 0 Å². The van der Waals surface area contributed by atoms with Crippen LogP contribution >= 0.6 is 11.3 Å². The fraction of sp³-hybridized carbons (Fsp3) is 0.227. The molecule has 2 aromatic carbocycles. The Labute approximate surface area is 185 Å². The maximum absolute atomic E-state index is 14.0. The van der Waals surface area contributed by atoms with Crippen molar-refractivity contribution in [2.45, 2.75) is 11.4 Å². The summed E-state index contributed by atoms with van der Waals surface area (Å²) in [7, 11) is -3.74. The van der Waals surface area contributed by atoms with Crippen molar-refractivity contribution in [3.05, 3.63) is 82.3 Å². The van der Waals surface area contributed by atoms with Crippen LogP contribution in [0.15, 0.2) is 70.9 Å². The van der Waals surface area contributed by atoms with Gasteiger partial charge in [-0.2, -0.15) is 0 Å². The third-order valence-corrected chi connectivity index (χ3v) is 7.44. The highest BCUT2D eigenvalue weighted by molar-refractivity contribution is 7.89. The maximum Gasteiger partial charge on any atom is 0.254 e. The minimum Gasteiger partial charge on any atom is -0.366 e. The summed E-state index contributed by atoms with van der Waals surface area (Å²) in [5.41, 5.74) is 0.845. The van der Waals surface area contributed by atoms with Gasteiger partial charge in [-0.1, -0.05) is 24.3 Å². The largest absolute Gasteiger partial charge is 0.366 e. The molecular formula is C22H22FN3O3S2. The molecule has 2 heterocycles. The number of sulfonamides is 1. The summed E-state index contributed by atoms with van der Waals surface area (Å²) in [6.07, 6.45) is 0. The Hall–Kier alpha value is -2.75. The van der Waals surface area contributed by atoms with Crippen molar-refractivity contribution in [3.63, 3.8) is 0 Å². The van der Waals surface area contributed by atoms with E-state index in [0.29, 0.717) is 37.4 Å². The summed E-state index contributed by atoms with van der Waals surface area (Å²) in [6, 6.07) is 16.4. The van der Waals surface area contributed by atoms with Gasteiger partial charge in [0.15, 0.2) is 0 Å². The van der Waals surface area contributed by atoms with Crippen LogP contribution in [-0.2, 0) is 16.6 Å². The van der Waals surface area contributed by atoms with Crippen molar-refractivity contribution in [1.82, 2.24) is 9.62 Å². The van der Waals surface area contributed by atoms with Crippen molar-refractivity contribution in [3.8, 4) is 0 Å². The Bertz CT molecular complexity index is 1160. The second-order valence-electron chi connectivity index (χ2n) is 7.16. The first-order valence-corrected chi connectivity index (χ1v) is 12.2. The van der Waals surface area contributed by atoms with Gasteiger partial charge in [0.2, 0.25) is 10.0 Å². The van der Waals surface area contributed by atoms with Gasteiger partial charge in [-0.3, -0.25) is 4.79 Å². The summed E-state index contributed by atoms with van der Waals surface area (Å²) in [4.78, 5) is 17.5. The van der Waals surface area contributed by atoms with Gasteiger partial charge in [0, 0.05) is 43.2 Å². The number of nitrogens with zero attached hydrogens (tertiary/aromatic N) is 2. The first-order chi connectivity index (χ1) is 14.9. The summed E-state index contributed by atoms with van der Waals surface area (Å²) in [5, 5.41) is 1.88. The average molecular weight is 460 g/mol. The molecule has 4 rings (SSSR count). The van der Waals surface area contributed by atoms with Crippen LogP contribution in [0.4, 0.5) is 10.1 Å². The van der Waals surface area contributed by atoms with Gasteiger partial charge in [0.25, 0.3) is 5.91 Å². The van der Waals surface area contributed by atoms with Gasteiger partial charge in [0.05, 0.1) is 10.6 Å². The fourth-order valence-electron chi connectivity index (χ4n) is 3.50. The summed E-state index contributed by atoms with van der Waals surface area (Å²) < 4.78 is 41.9. The van der Waals surface area contributed by atoms with Crippen LogP contribution in [0.3, 0.4) is 0 Å². The first-order valence-electron chi connectivity index (χ1n) is 9.85. The zero-order chi connectivity index (χ0) is 21.8. The standard InChI is InChI=1S/C22H22FN3O3S2/c23-20-8-1-2-9-21(20)25-10-12-26(13-11-25)22(27)17-5-3-7-19(15-17)31(28,29)24-16-18-6-4-14-30-18/h1-9,14-15,24H,10-13,16H2. The second-order valence-corrected chi connectivity index (χ2v) is 9.96. The normalized spacial score (nSPS) is 14.6. The molecule has 162 valence electrons. The molecule has 0 atom stereocenters.